The van der Waals surface area contributed by atoms with Crippen LogP contribution in [-0.4, -0.2) is 45.7 Å². The van der Waals surface area contributed by atoms with E-state index >= 15 is 0 Å². The van der Waals surface area contributed by atoms with Crippen molar-refractivity contribution in [2.45, 2.75) is 45.1 Å². The van der Waals surface area contributed by atoms with E-state index in [4.69, 9.17) is 14.2 Å². The molecule has 0 saturated heterocycles. The van der Waals surface area contributed by atoms with Crippen molar-refractivity contribution >= 4 is 11.8 Å². The highest BCUT2D eigenvalue weighted by Crippen LogP contribution is 2.30. The monoisotopic (exact) mass is 517 g/mol. The summed E-state index contributed by atoms with van der Waals surface area (Å²) in [6.07, 6.45) is 3.45. The number of ether oxygens (including phenoxy) is 3. The summed E-state index contributed by atoms with van der Waals surface area (Å²) in [6.45, 7) is 2.51. The van der Waals surface area contributed by atoms with E-state index in [1.807, 2.05) is 55.5 Å². The molecule has 3 rings (SSSR count). The minimum atomic E-state index is -0.391. The van der Waals surface area contributed by atoms with Crippen LogP contribution >= 0.6 is 0 Å². The molecule has 2 unspecified atom stereocenters. The highest BCUT2D eigenvalue weighted by molar-refractivity contribution is 6.01. The molecule has 6 nitrogen and oxygen atoms in total. The largest absolute Gasteiger partial charge is 0.496 e. The summed E-state index contributed by atoms with van der Waals surface area (Å²) in [4.78, 5) is 26.1. The number of hydrogen-bond donors (Lipinski definition) is 1. The first kappa shape index (κ1) is 28.9. The second kappa shape index (κ2) is 14.9. The molecule has 202 valence electrons. The van der Waals surface area contributed by atoms with Crippen LogP contribution in [0.2, 0.25) is 0 Å². The summed E-state index contributed by atoms with van der Waals surface area (Å²) in [5.74, 6) is 0.803. The SMILES string of the molecule is COC(=O)C(CCCNC(CCc1ccccc1)C(=O)c1cc(OC)c(C)c(OC)c1)Cc1ccccc1. The van der Waals surface area contributed by atoms with E-state index in [-0.39, 0.29) is 17.7 Å². The first-order valence-electron chi connectivity index (χ1n) is 13.1. The van der Waals surface area contributed by atoms with Gasteiger partial charge in [-0.2, -0.15) is 0 Å². The Bertz CT molecular complexity index is 1140. The number of Topliss-reactive ketones (excluding diaryl/α,β-unsaturated/α-hetero) is 1. The minimum absolute atomic E-state index is 0.00802. The number of carbonyl (C=O) groups excluding carboxylic acids is 2. The Morgan fingerprint density at radius 3 is 1.95 bits per heavy atom. The van der Waals surface area contributed by atoms with Crippen LogP contribution in [-0.2, 0) is 22.4 Å². The highest BCUT2D eigenvalue weighted by atomic mass is 16.5. The average Bonchev–Trinajstić information content (AvgIpc) is 2.96. The number of carbonyl (C=O) groups is 2. The molecule has 3 aromatic rings. The van der Waals surface area contributed by atoms with Gasteiger partial charge >= 0.3 is 5.97 Å². The van der Waals surface area contributed by atoms with E-state index < -0.39 is 6.04 Å². The molecule has 0 aromatic heterocycles. The number of esters is 1. The Labute approximate surface area is 226 Å². The second-order valence-electron chi connectivity index (χ2n) is 9.45. The zero-order chi connectivity index (χ0) is 27.3. The molecular weight excluding hydrogens is 478 g/mol. The van der Waals surface area contributed by atoms with Crippen molar-refractivity contribution in [1.82, 2.24) is 5.32 Å². The van der Waals surface area contributed by atoms with Crippen molar-refractivity contribution < 1.29 is 23.8 Å². The van der Waals surface area contributed by atoms with Crippen LogP contribution in [0, 0.1) is 12.8 Å². The first-order chi connectivity index (χ1) is 18.5. The molecule has 0 amide bonds. The minimum Gasteiger partial charge on any atom is -0.496 e. The molecule has 2 atom stereocenters. The smallest absolute Gasteiger partial charge is 0.308 e. The maximum atomic E-state index is 13.7. The molecule has 6 heteroatoms. The summed E-state index contributed by atoms with van der Waals surface area (Å²) in [5, 5.41) is 3.47. The number of methoxy groups -OCH3 is 3. The summed E-state index contributed by atoms with van der Waals surface area (Å²) in [5.41, 5.74) is 3.69. The van der Waals surface area contributed by atoms with Crippen molar-refractivity contribution in [3.63, 3.8) is 0 Å². The van der Waals surface area contributed by atoms with Gasteiger partial charge in [0, 0.05) is 11.1 Å². The van der Waals surface area contributed by atoms with Gasteiger partial charge in [0.15, 0.2) is 5.78 Å². The molecule has 0 aliphatic heterocycles. The summed E-state index contributed by atoms with van der Waals surface area (Å²) in [7, 11) is 4.61. The maximum Gasteiger partial charge on any atom is 0.308 e. The lowest BCUT2D eigenvalue weighted by molar-refractivity contribution is -0.145. The van der Waals surface area contributed by atoms with Crippen molar-refractivity contribution in [3.05, 3.63) is 95.1 Å². The van der Waals surface area contributed by atoms with Gasteiger partial charge in [0.2, 0.25) is 0 Å². The molecule has 0 heterocycles. The van der Waals surface area contributed by atoms with Crippen molar-refractivity contribution in [3.8, 4) is 11.5 Å². The molecule has 0 aliphatic rings. The summed E-state index contributed by atoms with van der Waals surface area (Å²) >= 11 is 0. The molecule has 0 radical (unpaired) electrons. The predicted octanol–water partition coefficient (Wildman–Crippen LogP) is 5.60. The molecule has 0 fully saturated rings. The summed E-state index contributed by atoms with van der Waals surface area (Å²) < 4.78 is 16.1. The van der Waals surface area contributed by atoms with Gasteiger partial charge in [-0.25, -0.2) is 0 Å². The lowest BCUT2D eigenvalue weighted by atomic mass is 9.94. The lowest BCUT2D eigenvalue weighted by Gasteiger charge is -2.20. The number of ketones is 1. The van der Waals surface area contributed by atoms with Gasteiger partial charge in [0.25, 0.3) is 0 Å². The van der Waals surface area contributed by atoms with E-state index in [0.29, 0.717) is 42.9 Å². The van der Waals surface area contributed by atoms with Gasteiger partial charge in [0.05, 0.1) is 33.3 Å². The van der Waals surface area contributed by atoms with Gasteiger partial charge < -0.3 is 19.5 Å². The van der Waals surface area contributed by atoms with Crippen LogP contribution in [0.25, 0.3) is 0 Å². The van der Waals surface area contributed by atoms with E-state index in [1.165, 1.54) is 12.7 Å². The molecule has 38 heavy (non-hydrogen) atoms. The maximum absolute atomic E-state index is 13.7. The van der Waals surface area contributed by atoms with Crippen LogP contribution < -0.4 is 14.8 Å². The molecule has 0 aliphatic carbocycles. The van der Waals surface area contributed by atoms with E-state index in [1.54, 1.807) is 26.4 Å². The third kappa shape index (κ3) is 8.18. The lowest BCUT2D eigenvalue weighted by Crippen LogP contribution is -2.38. The van der Waals surface area contributed by atoms with E-state index in [2.05, 4.69) is 17.4 Å². The fraction of sp³-hybridized carbons (Fsp3) is 0.375. The Morgan fingerprint density at radius 2 is 1.39 bits per heavy atom. The van der Waals surface area contributed by atoms with Crippen LogP contribution in [0.5, 0.6) is 11.5 Å². The van der Waals surface area contributed by atoms with Gasteiger partial charge in [-0.05, 0) is 68.8 Å². The van der Waals surface area contributed by atoms with Gasteiger partial charge in [-0.3, -0.25) is 9.59 Å². The molecule has 1 N–H and O–H groups in total. The normalized spacial score (nSPS) is 12.4. The Hall–Kier alpha value is -3.64. The Morgan fingerprint density at radius 1 is 0.816 bits per heavy atom. The third-order valence-corrected chi connectivity index (χ3v) is 6.90. The molecule has 0 saturated carbocycles. The Kier molecular flexibility index (Phi) is 11.4. The number of hydrogen-bond acceptors (Lipinski definition) is 6. The van der Waals surface area contributed by atoms with Crippen LogP contribution in [0.4, 0.5) is 0 Å². The fourth-order valence-electron chi connectivity index (χ4n) is 4.70. The van der Waals surface area contributed by atoms with Gasteiger partial charge in [-0.15, -0.1) is 0 Å². The molecule has 3 aromatic carbocycles. The highest BCUT2D eigenvalue weighted by Gasteiger charge is 2.23. The van der Waals surface area contributed by atoms with E-state index in [0.717, 1.165) is 24.0 Å². The predicted molar refractivity (Wildman–Crippen MR) is 150 cm³/mol. The van der Waals surface area contributed by atoms with Gasteiger partial charge in [-0.1, -0.05) is 60.7 Å². The quantitative estimate of drug-likeness (QED) is 0.161. The first-order valence-corrected chi connectivity index (χ1v) is 13.1. The van der Waals surface area contributed by atoms with Gasteiger partial charge in [0.1, 0.15) is 11.5 Å². The Balaban J connectivity index is 1.70. The molecular formula is C32H39NO5. The molecule has 0 bridgehead atoms. The molecule has 0 spiro atoms. The standard InChI is InChI=1S/C32H39NO5/c1-23-29(36-2)21-27(22-30(23)37-3)31(34)28(18-17-24-12-7-5-8-13-24)33-19-11-16-26(32(35)38-4)20-25-14-9-6-10-15-25/h5-10,12-15,21-22,26,28,33H,11,16-20H2,1-4H3. The fourth-order valence-corrected chi connectivity index (χ4v) is 4.70. The summed E-state index contributed by atoms with van der Waals surface area (Å²) in [6, 6.07) is 23.3. The van der Waals surface area contributed by atoms with Crippen LogP contribution in [0.3, 0.4) is 0 Å². The van der Waals surface area contributed by atoms with Crippen LogP contribution in [0.15, 0.2) is 72.8 Å². The van der Waals surface area contributed by atoms with Crippen LogP contribution in [0.1, 0.15) is 46.3 Å². The van der Waals surface area contributed by atoms with Crippen molar-refractivity contribution in [2.24, 2.45) is 5.92 Å². The topological polar surface area (TPSA) is 73.9 Å². The second-order valence-corrected chi connectivity index (χ2v) is 9.45. The van der Waals surface area contributed by atoms with Crippen molar-refractivity contribution in [1.29, 1.82) is 0 Å². The third-order valence-electron chi connectivity index (χ3n) is 6.90. The number of aryl methyl sites for hydroxylation is 1. The number of benzene rings is 3. The van der Waals surface area contributed by atoms with E-state index in [9.17, 15) is 9.59 Å². The zero-order valence-electron chi connectivity index (χ0n) is 22.9. The number of nitrogens with one attached hydrogen (secondary N) is 1. The number of rotatable bonds is 15. The average molecular weight is 518 g/mol. The van der Waals surface area contributed by atoms with Crippen molar-refractivity contribution in [2.75, 3.05) is 27.9 Å². The zero-order valence-corrected chi connectivity index (χ0v) is 22.9.